The van der Waals surface area contributed by atoms with Crippen molar-refractivity contribution in [2.24, 2.45) is 28.8 Å². The molecule has 4 aliphatic rings. The van der Waals surface area contributed by atoms with Crippen molar-refractivity contribution in [2.75, 3.05) is 5.43 Å². The van der Waals surface area contributed by atoms with Gasteiger partial charge in [-0.25, -0.2) is 4.98 Å². The minimum atomic E-state index is 0.278. The van der Waals surface area contributed by atoms with Crippen molar-refractivity contribution < 1.29 is 5.11 Å². The topological polar surface area (TPSA) is 57.5 Å². The number of aromatic hydroxyl groups is 1. The molecule has 0 atom stereocenters. The van der Waals surface area contributed by atoms with E-state index in [1.807, 2.05) is 17.5 Å². The molecule has 0 radical (unpaired) electrons. The molecule has 0 unspecified atom stereocenters. The molecule has 1 aromatic carbocycles. The number of rotatable bonds is 3. The van der Waals surface area contributed by atoms with Gasteiger partial charge in [0.2, 0.25) is 5.13 Å². The molecule has 0 spiro atoms. The van der Waals surface area contributed by atoms with Gasteiger partial charge >= 0.3 is 0 Å². The predicted octanol–water partition coefficient (Wildman–Crippen LogP) is 4.74. The Kier molecular flexibility index (Phi) is 3.37. The summed E-state index contributed by atoms with van der Waals surface area (Å²) in [5.41, 5.74) is 6.56. The third-order valence-corrected chi connectivity index (χ3v) is 6.67. The van der Waals surface area contributed by atoms with Crippen LogP contribution < -0.4 is 5.43 Å². The van der Waals surface area contributed by atoms with E-state index in [-0.39, 0.29) is 5.75 Å². The first-order valence-electron chi connectivity index (χ1n) is 8.83. The minimum Gasteiger partial charge on any atom is -0.508 e. The van der Waals surface area contributed by atoms with E-state index in [2.05, 4.69) is 10.4 Å². The van der Waals surface area contributed by atoms with Crippen molar-refractivity contribution in [3.05, 3.63) is 29.6 Å². The van der Waals surface area contributed by atoms with Crippen molar-refractivity contribution in [2.45, 2.75) is 32.1 Å². The molecule has 0 saturated heterocycles. The van der Waals surface area contributed by atoms with E-state index in [1.165, 1.54) is 37.8 Å². The summed E-state index contributed by atoms with van der Waals surface area (Å²) in [5.74, 6) is 3.64. The summed E-state index contributed by atoms with van der Waals surface area (Å²) < 4.78 is 0. The Morgan fingerprint density at radius 2 is 1.67 bits per heavy atom. The van der Waals surface area contributed by atoms with Crippen molar-refractivity contribution in [1.82, 2.24) is 4.98 Å². The molecule has 5 heteroatoms. The summed E-state index contributed by atoms with van der Waals surface area (Å²) in [6, 6.07) is 7.16. The number of nitrogens with zero attached hydrogens (tertiary/aromatic N) is 2. The lowest BCUT2D eigenvalue weighted by atomic mass is 9.55. The van der Waals surface area contributed by atoms with E-state index < -0.39 is 0 Å². The Bertz CT molecular complexity index is 750. The maximum atomic E-state index is 9.39. The van der Waals surface area contributed by atoms with E-state index in [9.17, 15) is 5.11 Å². The largest absolute Gasteiger partial charge is 0.508 e. The highest BCUT2D eigenvalue weighted by Crippen LogP contribution is 2.52. The number of thiazole rings is 1. The molecule has 1 heterocycles. The summed E-state index contributed by atoms with van der Waals surface area (Å²) in [4.78, 5) is 4.63. The van der Waals surface area contributed by atoms with Crippen LogP contribution in [0.5, 0.6) is 5.75 Å². The summed E-state index contributed by atoms with van der Waals surface area (Å²) in [7, 11) is 0. The lowest BCUT2D eigenvalue weighted by Gasteiger charge is -2.50. The van der Waals surface area contributed by atoms with Gasteiger partial charge in [-0.2, -0.15) is 5.10 Å². The maximum Gasteiger partial charge on any atom is 0.203 e. The molecule has 1 aromatic heterocycles. The Hall–Kier alpha value is -1.88. The summed E-state index contributed by atoms with van der Waals surface area (Å²) in [6.07, 6.45) is 6.87. The van der Waals surface area contributed by atoms with Crippen LogP contribution >= 0.6 is 11.3 Å². The summed E-state index contributed by atoms with van der Waals surface area (Å²) >= 11 is 1.58. The molecular formula is C19H21N3OS. The van der Waals surface area contributed by atoms with Gasteiger partial charge in [0.15, 0.2) is 0 Å². The number of hydrazone groups is 1. The van der Waals surface area contributed by atoms with Gasteiger partial charge in [0.1, 0.15) is 5.75 Å². The molecule has 2 aromatic rings. The van der Waals surface area contributed by atoms with E-state index >= 15 is 0 Å². The molecule has 4 nitrogen and oxygen atoms in total. The Balaban J connectivity index is 1.33. The second-order valence-electron chi connectivity index (χ2n) is 7.54. The lowest BCUT2D eigenvalue weighted by molar-refractivity contribution is 0.108. The zero-order valence-corrected chi connectivity index (χ0v) is 14.3. The van der Waals surface area contributed by atoms with E-state index in [1.54, 1.807) is 23.5 Å². The van der Waals surface area contributed by atoms with Gasteiger partial charge in [-0.3, -0.25) is 5.43 Å². The Morgan fingerprint density at radius 1 is 1.00 bits per heavy atom. The molecule has 2 N–H and O–H groups in total. The van der Waals surface area contributed by atoms with E-state index in [0.717, 1.165) is 28.2 Å². The number of anilines is 1. The molecule has 6 rings (SSSR count). The molecular weight excluding hydrogens is 318 g/mol. The fourth-order valence-corrected chi connectivity index (χ4v) is 5.71. The van der Waals surface area contributed by atoms with Crippen LogP contribution in [0, 0.1) is 23.7 Å². The summed E-state index contributed by atoms with van der Waals surface area (Å²) in [6.45, 7) is 0. The van der Waals surface area contributed by atoms with Gasteiger partial charge in [0.05, 0.1) is 5.69 Å². The van der Waals surface area contributed by atoms with Crippen LogP contribution in [0.25, 0.3) is 11.3 Å². The second kappa shape index (κ2) is 5.59. The zero-order chi connectivity index (χ0) is 16.1. The summed E-state index contributed by atoms with van der Waals surface area (Å²) in [5, 5.41) is 17.1. The monoisotopic (exact) mass is 339 g/mol. The van der Waals surface area contributed by atoms with Gasteiger partial charge in [0, 0.05) is 16.7 Å². The van der Waals surface area contributed by atoms with Crippen LogP contribution in [0.4, 0.5) is 5.13 Å². The predicted molar refractivity (Wildman–Crippen MR) is 97.3 cm³/mol. The molecule has 4 aliphatic carbocycles. The van der Waals surface area contributed by atoms with E-state index in [0.29, 0.717) is 11.8 Å². The van der Waals surface area contributed by atoms with Crippen LogP contribution in [0.2, 0.25) is 0 Å². The Labute approximate surface area is 145 Å². The SMILES string of the molecule is Oc1ccc(-c2csc(NN=C3C4CC5CC(C4)CC3C5)n2)cc1. The van der Waals surface area contributed by atoms with Gasteiger partial charge in [-0.1, -0.05) is 0 Å². The third kappa shape index (κ3) is 2.51. The highest BCUT2D eigenvalue weighted by Gasteiger charge is 2.46. The third-order valence-electron chi connectivity index (χ3n) is 5.92. The Morgan fingerprint density at radius 3 is 2.33 bits per heavy atom. The maximum absolute atomic E-state index is 9.39. The van der Waals surface area contributed by atoms with Crippen molar-refractivity contribution in [3.63, 3.8) is 0 Å². The fraction of sp³-hybridized carbons (Fsp3) is 0.474. The quantitative estimate of drug-likeness (QED) is 0.794. The standard InChI is InChI=1S/C19H21N3OS/c23-16-3-1-13(2-4-16)17-10-24-19(20-17)22-21-18-14-6-11-5-12(8-14)9-15(18)7-11/h1-4,10-12,14-15,23H,5-9H2,(H,20,22). The number of hydrogen-bond donors (Lipinski definition) is 2. The molecule has 24 heavy (non-hydrogen) atoms. The number of phenolic OH excluding ortho intramolecular Hbond substituents is 1. The van der Waals surface area contributed by atoms with Gasteiger partial charge in [0.25, 0.3) is 0 Å². The van der Waals surface area contributed by atoms with Gasteiger partial charge in [-0.15, -0.1) is 11.3 Å². The van der Waals surface area contributed by atoms with Crippen molar-refractivity contribution in [3.8, 4) is 17.0 Å². The first-order chi connectivity index (χ1) is 11.7. The molecule has 4 bridgehead atoms. The van der Waals surface area contributed by atoms with Crippen molar-refractivity contribution >= 4 is 22.2 Å². The number of aromatic nitrogens is 1. The average Bonchev–Trinajstić information content (AvgIpc) is 3.03. The highest BCUT2D eigenvalue weighted by atomic mass is 32.1. The fourth-order valence-electron chi connectivity index (χ4n) is 5.05. The normalized spacial score (nSPS) is 30.6. The minimum absolute atomic E-state index is 0.278. The molecule has 4 saturated carbocycles. The highest BCUT2D eigenvalue weighted by molar-refractivity contribution is 7.14. The number of benzene rings is 1. The van der Waals surface area contributed by atoms with Gasteiger partial charge in [-0.05, 0) is 80.0 Å². The number of nitrogens with one attached hydrogen (secondary N) is 1. The second-order valence-corrected chi connectivity index (χ2v) is 8.40. The first-order valence-corrected chi connectivity index (χ1v) is 9.71. The van der Waals surface area contributed by atoms with Crippen LogP contribution in [-0.2, 0) is 0 Å². The molecule has 0 aliphatic heterocycles. The molecule has 4 fully saturated rings. The molecule has 124 valence electrons. The van der Waals surface area contributed by atoms with Crippen LogP contribution in [0.15, 0.2) is 34.7 Å². The van der Waals surface area contributed by atoms with Crippen LogP contribution in [0.1, 0.15) is 32.1 Å². The first kappa shape index (κ1) is 14.5. The number of phenols is 1. The van der Waals surface area contributed by atoms with Crippen molar-refractivity contribution in [1.29, 1.82) is 0 Å². The number of hydrogen-bond acceptors (Lipinski definition) is 5. The van der Waals surface area contributed by atoms with E-state index in [4.69, 9.17) is 5.10 Å². The van der Waals surface area contributed by atoms with Gasteiger partial charge < -0.3 is 5.11 Å². The van der Waals surface area contributed by atoms with Crippen LogP contribution in [-0.4, -0.2) is 15.8 Å². The smallest absolute Gasteiger partial charge is 0.203 e. The van der Waals surface area contributed by atoms with Crippen LogP contribution in [0.3, 0.4) is 0 Å². The zero-order valence-electron chi connectivity index (χ0n) is 13.5. The lowest BCUT2D eigenvalue weighted by Crippen LogP contribution is -2.45. The molecule has 0 amide bonds. The average molecular weight is 339 g/mol.